The summed E-state index contributed by atoms with van der Waals surface area (Å²) in [6.45, 7) is 0. The van der Waals surface area contributed by atoms with Crippen LogP contribution in [-0.4, -0.2) is 16.2 Å². The molecule has 1 unspecified atom stereocenters. The first-order valence-corrected chi connectivity index (χ1v) is 10.6. The van der Waals surface area contributed by atoms with Gasteiger partial charge in [0.05, 0.1) is 25.7 Å². The number of phenols is 2. The Bertz CT molecular complexity index is 1310. The molecule has 0 fully saturated rings. The molecule has 3 aromatic rings. The summed E-state index contributed by atoms with van der Waals surface area (Å²) in [7, 11) is 0. The highest BCUT2D eigenvalue weighted by Crippen LogP contribution is 2.62. The predicted octanol–water partition coefficient (Wildman–Crippen LogP) is 7.04. The maximum Gasteiger partial charge on any atom is 0.341 e. The van der Waals surface area contributed by atoms with Crippen LogP contribution in [0.3, 0.4) is 0 Å². The Kier molecular flexibility index (Phi) is 4.41. The molecule has 2 heterocycles. The normalized spacial score (nSPS) is 18.5. The number of carbonyl (C=O) groups is 1. The number of benzene rings is 3. The van der Waals surface area contributed by atoms with Gasteiger partial charge < -0.3 is 19.7 Å². The highest BCUT2D eigenvalue weighted by atomic mass is 79.9. The minimum atomic E-state index is -1.60. The van der Waals surface area contributed by atoms with Gasteiger partial charge in [-0.25, -0.2) is 4.79 Å². The first-order valence-electron chi connectivity index (χ1n) is 8.31. The van der Waals surface area contributed by atoms with Crippen LogP contribution < -0.4 is 4.74 Å². The number of halogens is 5. The quantitative estimate of drug-likeness (QED) is 0.179. The summed E-state index contributed by atoms with van der Waals surface area (Å²) < 4.78 is 12.1. The molecule has 0 aliphatic carbocycles. The Hall–Kier alpha value is -1.83. The van der Waals surface area contributed by atoms with Crippen molar-refractivity contribution in [3.63, 3.8) is 0 Å². The van der Waals surface area contributed by atoms with E-state index in [0.717, 1.165) is 0 Å². The lowest BCUT2D eigenvalue weighted by molar-refractivity contribution is 0.0224. The predicted molar refractivity (Wildman–Crippen MR) is 116 cm³/mol. The molecule has 3 aromatic carbocycles. The summed E-state index contributed by atoms with van der Waals surface area (Å²) in [6.07, 6.45) is 0. The fourth-order valence-electron chi connectivity index (χ4n) is 3.84. The number of hydrogen-bond donors (Lipinski definition) is 2. The Morgan fingerprint density at radius 2 is 1.57 bits per heavy atom. The van der Waals surface area contributed by atoms with Gasteiger partial charge in [0, 0.05) is 22.8 Å². The topological polar surface area (TPSA) is 76.0 Å². The standard InChI is InChI=1S/C20H7BrCl4O5/c21-13-9(27)4-3-8-18(13)29-10-5-6(26)1-2-7(10)20(8)12-11(19(28)30-20)14(22)16(24)17(25)15(12)23/h1-5,26-27H. The third-order valence-electron chi connectivity index (χ3n) is 5.08. The number of fused-ring (bicyclic) bond motifs is 6. The van der Waals surface area contributed by atoms with Crippen LogP contribution in [0.4, 0.5) is 0 Å². The zero-order chi connectivity index (χ0) is 21.5. The molecule has 2 aliphatic rings. The van der Waals surface area contributed by atoms with E-state index in [4.69, 9.17) is 55.9 Å². The van der Waals surface area contributed by atoms with E-state index in [9.17, 15) is 15.0 Å². The minimum absolute atomic E-state index is 0.0111. The third-order valence-corrected chi connectivity index (χ3v) is 7.65. The Labute approximate surface area is 197 Å². The summed E-state index contributed by atoms with van der Waals surface area (Å²) >= 11 is 28.7. The lowest BCUT2D eigenvalue weighted by Gasteiger charge is -2.37. The van der Waals surface area contributed by atoms with E-state index in [-0.39, 0.29) is 58.7 Å². The molecule has 5 nitrogen and oxygen atoms in total. The van der Waals surface area contributed by atoms with Crippen LogP contribution in [0.5, 0.6) is 23.0 Å². The first-order chi connectivity index (χ1) is 14.2. The minimum Gasteiger partial charge on any atom is -0.508 e. The van der Waals surface area contributed by atoms with Crippen LogP contribution in [0.1, 0.15) is 27.0 Å². The van der Waals surface area contributed by atoms with E-state index >= 15 is 0 Å². The van der Waals surface area contributed by atoms with Crippen molar-refractivity contribution in [2.24, 2.45) is 0 Å². The molecule has 0 bridgehead atoms. The van der Waals surface area contributed by atoms with Gasteiger partial charge in [-0.3, -0.25) is 0 Å². The van der Waals surface area contributed by atoms with Crippen molar-refractivity contribution in [2.75, 3.05) is 0 Å². The Morgan fingerprint density at radius 3 is 2.30 bits per heavy atom. The second kappa shape index (κ2) is 6.58. The van der Waals surface area contributed by atoms with Crippen LogP contribution in [0, 0.1) is 0 Å². The molecule has 2 aliphatic heterocycles. The van der Waals surface area contributed by atoms with Crippen molar-refractivity contribution in [3.05, 3.63) is 77.1 Å². The molecule has 1 atom stereocenters. The number of phenolic OH excluding ortho intramolecular Hbond substituents is 2. The summed E-state index contributed by atoms with van der Waals surface area (Å²) in [5.74, 6) is -0.576. The van der Waals surface area contributed by atoms with E-state index in [1.807, 2.05) is 0 Å². The van der Waals surface area contributed by atoms with Crippen molar-refractivity contribution in [2.45, 2.75) is 5.60 Å². The summed E-state index contributed by atoms with van der Waals surface area (Å²) in [5, 5.41) is 19.9. The zero-order valence-corrected chi connectivity index (χ0v) is 19.0. The van der Waals surface area contributed by atoms with Gasteiger partial charge in [0.25, 0.3) is 0 Å². The Balaban J connectivity index is 2.00. The second-order valence-corrected chi connectivity index (χ2v) is 8.94. The molecule has 1 spiro atoms. The van der Waals surface area contributed by atoms with Crippen molar-refractivity contribution in [1.82, 2.24) is 0 Å². The van der Waals surface area contributed by atoms with Crippen LogP contribution in [0.15, 0.2) is 34.8 Å². The van der Waals surface area contributed by atoms with E-state index in [1.54, 1.807) is 12.1 Å². The molecule has 152 valence electrons. The second-order valence-electron chi connectivity index (χ2n) is 6.63. The van der Waals surface area contributed by atoms with Crippen molar-refractivity contribution < 1.29 is 24.5 Å². The Morgan fingerprint density at radius 1 is 0.900 bits per heavy atom. The number of rotatable bonds is 0. The van der Waals surface area contributed by atoms with Crippen LogP contribution in [0.2, 0.25) is 20.1 Å². The van der Waals surface area contributed by atoms with Crippen LogP contribution >= 0.6 is 62.3 Å². The molecule has 2 N–H and O–H groups in total. The van der Waals surface area contributed by atoms with E-state index in [1.165, 1.54) is 18.2 Å². The fraction of sp³-hybridized carbons (Fsp3) is 0.0500. The molecule has 0 radical (unpaired) electrons. The first kappa shape index (κ1) is 20.1. The van der Waals surface area contributed by atoms with Gasteiger partial charge in [-0.05, 0) is 40.2 Å². The highest BCUT2D eigenvalue weighted by molar-refractivity contribution is 9.10. The molecular formula is C20H7BrCl4O5. The number of esters is 1. The third kappa shape index (κ3) is 2.40. The average molecular weight is 549 g/mol. The van der Waals surface area contributed by atoms with Gasteiger partial charge in [0.2, 0.25) is 0 Å². The summed E-state index contributed by atoms with van der Waals surface area (Å²) in [5.41, 5.74) is -0.675. The summed E-state index contributed by atoms with van der Waals surface area (Å²) in [4.78, 5) is 13.0. The number of hydrogen-bond acceptors (Lipinski definition) is 5. The fourth-order valence-corrected chi connectivity index (χ4v) is 5.33. The maximum atomic E-state index is 13.0. The molecule has 30 heavy (non-hydrogen) atoms. The van der Waals surface area contributed by atoms with Crippen LogP contribution in [0.25, 0.3) is 0 Å². The molecular weight excluding hydrogens is 542 g/mol. The molecule has 0 saturated heterocycles. The van der Waals surface area contributed by atoms with Gasteiger partial charge in [-0.2, -0.15) is 0 Å². The largest absolute Gasteiger partial charge is 0.508 e. The van der Waals surface area contributed by atoms with Gasteiger partial charge >= 0.3 is 5.97 Å². The maximum absolute atomic E-state index is 13.0. The van der Waals surface area contributed by atoms with Gasteiger partial charge in [0.1, 0.15) is 21.7 Å². The van der Waals surface area contributed by atoms with Gasteiger partial charge in [-0.1, -0.05) is 46.4 Å². The lowest BCUT2D eigenvalue weighted by atomic mass is 9.77. The molecule has 0 amide bonds. The monoisotopic (exact) mass is 546 g/mol. The van der Waals surface area contributed by atoms with E-state index in [0.29, 0.717) is 11.1 Å². The van der Waals surface area contributed by atoms with Gasteiger partial charge in [0.15, 0.2) is 11.4 Å². The summed E-state index contributed by atoms with van der Waals surface area (Å²) in [6, 6.07) is 7.28. The number of aromatic hydroxyl groups is 2. The zero-order valence-electron chi connectivity index (χ0n) is 14.4. The smallest absolute Gasteiger partial charge is 0.341 e. The van der Waals surface area contributed by atoms with E-state index < -0.39 is 11.6 Å². The highest BCUT2D eigenvalue weighted by Gasteiger charge is 2.57. The van der Waals surface area contributed by atoms with Gasteiger partial charge in [-0.15, -0.1) is 0 Å². The molecule has 0 saturated carbocycles. The molecule has 5 rings (SSSR count). The van der Waals surface area contributed by atoms with Crippen molar-refractivity contribution in [1.29, 1.82) is 0 Å². The van der Waals surface area contributed by atoms with E-state index in [2.05, 4.69) is 15.9 Å². The van der Waals surface area contributed by atoms with Crippen molar-refractivity contribution >= 4 is 68.3 Å². The van der Waals surface area contributed by atoms with Crippen molar-refractivity contribution in [3.8, 4) is 23.0 Å². The average Bonchev–Trinajstić information content (AvgIpc) is 3.01. The lowest BCUT2D eigenvalue weighted by Crippen LogP contribution is -2.33. The number of ether oxygens (including phenoxy) is 2. The number of carbonyl (C=O) groups excluding carboxylic acids is 1. The molecule has 0 aromatic heterocycles. The molecule has 10 heteroatoms. The van der Waals surface area contributed by atoms with Crippen LogP contribution in [-0.2, 0) is 10.3 Å². The SMILES string of the molecule is O=C1OC2(c3ccc(O)cc3Oc3c2ccc(O)c3Br)c2c(Cl)c(Cl)c(Cl)c(Cl)c21.